The molecule has 0 unspecified atom stereocenters. The lowest BCUT2D eigenvalue weighted by Gasteiger charge is -2.04. The van der Waals surface area contributed by atoms with E-state index in [1.54, 1.807) is 24.3 Å². The highest BCUT2D eigenvalue weighted by atomic mass is 32.1. The molecule has 100 valence electrons. The van der Waals surface area contributed by atoms with E-state index in [2.05, 4.69) is 4.37 Å². The molecule has 0 amide bonds. The van der Waals surface area contributed by atoms with Crippen LogP contribution in [-0.4, -0.2) is 15.4 Å². The highest BCUT2D eigenvalue weighted by molar-refractivity contribution is 7.09. The lowest BCUT2D eigenvalue weighted by molar-refractivity contribution is -0.136. The summed E-state index contributed by atoms with van der Waals surface area (Å²) in [6.45, 7) is 0. The maximum absolute atomic E-state index is 10.7. The first-order valence-electron chi connectivity index (χ1n) is 6.05. The molecule has 0 spiro atoms. The van der Waals surface area contributed by atoms with Gasteiger partial charge in [0, 0.05) is 11.5 Å². The van der Waals surface area contributed by atoms with E-state index < -0.39 is 5.97 Å². The second kappa shape index (κ2) is 5.30. The number of hydrogen-bond donors (Lipinski definition) is 1. The van der Waals surface area contributed by atoms with Gasteiger partial charge in [-0.2, -0.15) is 4.37 Å². The van der Waals surface area contributed by atoms with Crippen molar-refractivity contribution in [1.29, 1.82) is 0 Å². The van der Waals surface area contributed by atoms with Gasteiger partial charge < -0.3 is 9.84 Å². The zero-order valence-corrected chi connectivity index (χ0v) is 11.3. The molecular weight excluding hydrogens is 274 g/mol. The molecule has 4 nitrogen and oxygen atoms in total. The number of rotatable bonds is 4. The summed E-state index contributed by atoms with van der Waals surface area (Å²) in [5.41, 5.74) is 1.61. The number of nitrogens with zero attached hydrogens (tertiary/aromatic N) is 1. The number of carboxylic acids is 1. The quantitative estimate of drug-likeness (QED) is 0.793. The molecule has 0 aliphatic heterocycles. The Labute approximate surface area is 119 Å². The predicted octanol–water partition coefficient (Wildman–Crippen LogP) is 3.72. The SMILES string of the molecule is O=C(O)Cc1cccc(Oc2snc3ccccc23)c1. The Hall–Kier alpha value is -2.40. The van der Waals surface area contributed by atoms with Crippen molar-refractivity contribution in [2.45, 2.75) is 6.42 Å². The van der Waals surface area contributed by atoms with E-state index in [0.717, 1.165) is 10.9 Å². The minimum Gasteiger partial charge on any atom is -0.481 e. The second-order valence-corrected chi connectivity index (χ2v) is 5.04. The Bertz CT molecular complexity index is 766. The van der Waals surface area contributed by atoms with E-state index in [-0.39, 0.29) is 6.42 Å². The zero-order valence-electron chi connectivity index (χ0n) is 10.4. The average Bonchev–Trinajstić information content (AvgIpc) is 2.82. The summed E-state index contributed by atoms with van der Waals surface area (Å²) >= 11 is 1.29. The molecular formula is C15H11NO3S. The molecule has 20 heavy (non-hydrogen) atoms. The first-order valence-corrected chi connectivity index (χ1v) is 6.83. The van der Waals surface area contributed by atoms with Crippen LogP contribution < -0.4 is 4.74 Å². The number of hydrogen-bond acceptors (Lipinski definition) is 4. The van der Waals surface area contributed by atoms with Crippen molar-refractivity contribution < 1.29 is 14.6 Å². The minimum absolute atomic E-state index is 0.0133. The van der Waals surface area contributed by atoms with Gasteiger partial charge in [0.1, 0.15) is 5.75 Å². The number of benzene rings is 2. The monoisotopic (exact) mass is 285 g/mol. The first-order chi connectivity index (χ1) is 9.72. The van der Waals surface area contributed by atoms with Crippen molar-refractivity contribution in [3.05, 3.63) is 54.1 Å². The van der Waals surface area contributed by atoms with Gasteiger partial charge in [-0.25, -0.2) is 0 Å². The molecule has 0 fully saturated rings. The summed E-state index contributed by atoms with van der Waals surface area (Å²) in [5.74, 6) is -0.233. The maximum Gasteiger partial charge on any atom is 0.307 e. The van der Waals surface area contributed by atoms with Crippen LogP contribution in [0.5, 0.6) is 10.8 Å². The van der Waals surface area contributed by atoms with Crippen LogP contribution in [0.1, 0.15) is 5.56 Å². The summed E-state index contributed by atoms with van der Waals surface area (Å²) < 4.78 is 10.1. The van der Waals surface area contributed by atoms with Gasteiger partial charge in [-0.15, -0.1) is 0 Å². The van der Waals surface area contributed by atoms with Crippen molar-refractivity contribution in [3.8, 4) is 10.8 Å². The zero-order chi connectivity index (χ0) is 13.9. The van der Waals surface area contributed by atoms with Gasteiger partial charge in [0.05, 0.1) is 17.3 Å². The molecule has 2 aromatic carbocycles. The molecule has 1 aromatic heterocycles. The first kappa shape index (κ1) is 12.6. The third-order valence-corrected chi connectivity index (χ3v) is 3.57. The molecule has 0 radical (unpaired) electrons. The third-order valence-electron chi connectivity index (χ3n) is 2.82. The summed E-state index contributed by atoms with van der Waals surface area (Å²) in [7, 11) is 0. The maximum atomic E-state index is 10.7. The molecule has 5 heteroatoms. The molecule has 0 atom stereocenters. The van der Waals surface area contributed by atoms with Crippen LogP contribution in [0, 0.1) is 0 Å². The lowest BCUT2D eigenvalue weighted by Crippen LogP contribution is -1.99. The van der Waals surface area contributed by atoms with Gasteiger partial charge in [0.25, 0.3) is 0 Å². The van der Waals surface area contributed by atoms with Crippen LogP contribution in [-0.2, 0) is 11.2 Å². The fraction of sp³-hybridized carbons (Fsp3) is 0.0667. The van der Waals surface area contributed by atoms with Gasteiger partial charge >= 0.3 is 5.97 Å². The van der Waals surface area contributed by atoms with Crippen molar-refractivity contribution >= 4 is 28.4 Å². The largest absolute Gasteiger partial charge is 0.481 e. The van der Waals surface area contributed by atoms with Crippen LogP contribution in [0.3, 0.4) is 0 Å². The van der Waals surface area contributed by atoms with E-state index in [0.29, 0.717) is 16.4 Å². The Morgan fingerprint density at radius 1 is 1.20 bits per heavy atom. The van der Waals surface area contributed by atoms with Crippen molar-refractivity contribution in [1.82, 2.24) is 4.37 Å². The van der Waals surface area contributed by atoms with E-state index in [1.807, 2.05) is 24.3 Å². The molecule has 0 saturated heterocycles. The van der Waals surface area contributed by atoms with Crippen molar-refractivity contribution in [3.63, 3.8) is 0 Å². The van der Waals surface area contributed by atoms with Crippen LogP contribution in [0.4, 0.5) is 0 Å². The summed E-state index contributed by atoms with van der Waals surface area (Å²) in [6.07, 6.45) is -0.0133. The van der Waals surface area contributed by atoms with Crippen LogP contribution in [0.25, 0.3) is 10.9 Å². The second-order valence-electron chi connectivity index (χ2n) is 4.31. The number of fused-ring (bicyclic) bond motifs is 1. The minimum atomic E-state index is -0.856. The van der Waals surface area contributed by atoms with Crippen LogP contribution >= 0.6 is 11.5 Å². The van der Waals surface area contributed by atoms with E-state index >= 15 is 0 Å². The normalized spacial score (nSPS) is 10.6. The third kappa shape index (κ3) is 2.62. The van der Waals surface area contributed by atoms with Crippen LogP contribution in [0.15, 0.2) is 48.5 Å². The van der Waals surface area contributed by atoms with Gasteiger partial charge in [-0.05, 0) is 29.8 Å². The van der Waals surface area contributed by atoms with Gasteiger partial charge in [-0.3, -0.25) is 4.79 Å². The summed E-state index contributed by atoms with van der Waals surface area (Å²) in [6, 6.07) is 14.9. The van der Waals surface area contributed by atoms with Gasteiger partial charge in [0.15, 0.2) is 0 Å². The van der Waals surface area contributed by atoms with Crippen molar-refractivity contribution in [2.24, 2.45) is 0 Å². The Morgan fingerprint density at radius 3 is 2.90 bits per heavy atom. The van der Waals surface area contributed by atoms with Crippen molar-refractivity contribution in [2.75, 3.05) is 0 Å². The van der Waals surface area contributed by atoms with Gasteiger partial charge in [-0.1, -0.05) is 24.3 Å². The van der Waals surface area contributed by atoms with E-state index in [9.17, 15) is 4.79 Å². The van der Waals surface area contributed by atoms with E-state index in [4.69, 9.17) is 9.84 Å². The van der Waals surface area contributed by atoms with E-state index in [1.165, 1.54) is 11.5 Å². The number of carboxylic acid groups (broad SMARTS) is 1. The molecule has 0 aliphatic rings. The van der Waals surface area contributed by atoms with Crippen LogP contribution in [0.2, 0.25) is 0 Å². The molecule has 0 bridgehead atoms. The lowest BCUT2D eigenvalue weighted by atomic mass is 10.1. The van der Waals surface area contributed by atoms with Gasteiger partial charge in [0.2, 0.25) is 5.06 Å². The molecule has 0 saturated carbocycles. The molecule has 0 aliphatic carbocycles. The summed E-state index contributed by atoms with van der Waals surface area (Å²) in [5, 5.41) is 10.5. The Kier molecular flexibility index (Phi) is 3.35. The standard InChI is InChI=1S/C15H11NO3S/c17-14(18)9-10-4-3-5-11(8-10)19-15-12-6-1-2-7-13(12)16-20-15/h1-8H,9H2,(H,17,18). The molecule has 3 rings (SSSR count). The topological polar surface area (TPSA) is 59.4 Å². The highest BCUT2D eigenvalue weighted by Crippen LogP contribution is 2.33. The Balaban J connectivity index is 1.89. The Morgan fingerprint density at radius 2 is 2.05 bits per heavy atom. The number of ether oxygens (including phenoxy) is 1. The number of aliphatic carboxylic acids is 1. The highest BCUT2D eigenvalue weighted by Gasteiger charge is 2.08. The molecule has 1 heterocycles. The fourth-order valence-corrected chi connectivity index (χ4v) is 2.68. The predicted molar refractivity (Wildman–Crippen MR) is 77.5 cm³/mol. The number of aromatic nitrogens is 1. The summed E-state index contributed by atoms with van der Waals surface area (Å²) in [4.78, 5) is 10.7. The molecule has 3 aromatic rings. The smallest absolute Gasteiger partial charge is 0.307 e. The number of carbonyl (C=O) groups is 1. The fourth-order valence-electron chi connectivity index (χ4n) is 1.94. The average molecular weight is 285 g/mol. The molecule has 1 N–H and O–H groups in total.